The molecule has 0 fully saturated rings. The van der Waals surface area contributed by atoms with Gasteiger partial charge in [0.1, 0.15) is 4.70 Å². The van der Waals surface area contributed by atoms with Gasteiger partial charge in [-0.05, 0) is 35.1 Å². The van der Waals surface area contributed by atoms with Crippen LogP contribution in [0.25, 0.3) is 16.0 Å². The van der Waals surface area contributed by atoms with E-state index in [1.165, 1.54) is 23.1 Å². The van der Waals surface area contributed by atoms with Crippen molar-refractivity contribution in [3.63, 3.8) is 0 Å². The number of amides is 1. The number of hydrogen-bond donors (Lipinski definition) is 1. The zero-order valence-electron chi connectivity index (χ0n) is 17.5. The first-order valence-corrected chi connectivity index (χ1v) is 12.0. The third-order valence-corrected chi connectivity index (χ3v) is 6.81. The normalized spacial score (nSPS) is 12.8. The highest BCUT2D eigenvalue weighted by Crippen LogP contribution is 2.32. The van der Waals surface area contributed by atoms with Gasteiger partial charge in [0.15, 0.2) is 16.7 Å². The highest BCUT2D eigenvalue weighted by atomic mass is 32.2. The smallest absolute Gasteiger partial charge is 0.272 e. The Bertz CT molecular complexity index is 1370. The van der Waals surface area contributed by atoms with Crippen LogP contribution in [0.1, 0.15) is 19.4 Å². The maximum absolute atomic E-state index is 12.9. The maximum atomic E-state index is 12.9. The van der Waals surface area contributed by atoms with E-state index in [4.69, 9.17) is 9.47 Å². The fraction of sp³-hybridized carbons (Fsp3) is 0.333. The van der Waals surface area contributed by atoms with E-state index in [9.17, 15) is 9.59 Å². The number of thioether (sulfide) groups is 1. The van der Waals surface area contributed by atoms with Gasteiger partial charge in [0.05, 0.1) is 11.3 Å². The maximum Gasteiger partial charge on any atom is 0.272 e. The lowest BCUT2D eigenvalue weighted by atomic mass is 10.2. The summed E-state index contributed by atoms with van der Waals surface area (Å²) < 4.78 is 14.9. The third-order valence-electron chi connectivity index (χ3n) is 4.99. The molecular weight excluding hydrogens is 450 g/mol. The number of carbonyl (C=O) groups excluding carboxylic acids is 1. The molecule has 11 heteroatoms. The predicted molar refractivity (Wildman–Crippen MR) is 123 cm³/mol. The SMILES string of the molecule is CC(C)Cn1c(=O)c2sccc2n2c(SCC(=O)NCc3ccc4c(c3)OCO4)nnc12. The molecule has 5 rings (SSSR count). The first kappa shape index (κ1) is 20.8. The van der Waals surface area contributed by atoms with Crippen LogP contribution in [0.2, 0.25) is 0 Å². The second-order valence-corrected chi connectivity index (χ2v) is 9.67. The average Bonchev–Trinajstić information content (AvgIpc) is 3.51. The Kier molecular flexibility index (Phi) is 5.51. The highest BCUT2D eigenvalue weighted by Gasteiger charge is 2.19. The summed E-state index contributed by atoms with van der Waals surface area (Å²) in [5, 5.41) is 13.9. The second-order valence-electron chi connectivity index (χ2n) is 7.82. The number of aromatic nitrogens is 4. The van der Waals surface area contributed by atoms with Gasteiger partial charge in [-0.15, -0.1) is 21.5 Å². The highest BCUT2D eigenvalue weighted by molar-refractivity contribution is 7.99. The molecule has 1 aliphatic heterocycles. The molecule has 166 valence electrons. The van der Waals surface area contributed by atoms with Crippen molar-refractivity contribution >= 4 is 45.0 Å². The van der Waals surface area contributed by atoms with Gasteiger partial charge in [-0.25, -0.2) is 0 Å². The molecule has 9 nitrogen and oxygen atoms in total. The molecule has 0 saturated heterocycles. The molecule has 1 N–H and O–H groups in total. The van der Waals surface area contributed by atoms with Crippen LogP contribution in [0.15, 0.2) is 39.6 Å². The fourth-order valence-electron chi connectivity index (χ4n) is 3.56. The second kappa shape index (κ2) is 8.47. The van der Waals surface area contributed by atoms with Crippen molar-refractivity contribution in [1.29, 1.82) is 0 Å². The van der Waals surface area contributed by atoms with E-state index in [1.54, 1.807) is 4.57 Å². The molecule has 1 amide bonds. The molecule has 0 unspecified atom stereocenters. The van der Waals surface area contributed by atoms with E-state index in [0.29, 0.717) is 40.2 Å². The van der Waals surface area contributed by atoms with Crippen LogP contribution < -0.4 is 20.3 Å². The quantitative estimate of drug-likeness (QED) is 0.414. The molecule has 3 aromatic heterocycles. The molecule has 0 radical (unpaired) electrons. The molecule has 4 heterocycles. The van der Waals surface area contributed by atoms with E-state index >= 15 is 0 Å². The van der Waals surface area contributed by atoms with Gasteiger partial charge in [0.25, 0.3) is 5.56 Å². The number of thiophene rings is 1. The van der Waals surface area contributed by atoms with Crippen molar-refractivity contribution in [2.24, 2.45) is 5.92 Å². The molecule has 32 heavy (non-hydrogen) atoms. The minimum atomic E-state index is -0.124. The predicted octanol–water partition coefficient (Wildman–Crippen LogP) is 2.90. The van der Waals surface area contributed by atoms with E-state index in [2.05, 4.69) is 29.4 Å². The molecule has 0 aliphatic carbocycles. The summed E-state index contributed by atoms with van der Waals surface area (Å²) >= 11 is 2.70. The van der Waals surface area contributed by atoms with Gasteiger partial charge >= 0.3 is 0 Å². The van der Waals surface area contributed by atoms with E-state index in [-0.39, 0.29) is 29.9 Å². The molecule has 0 atom stereocenters. The Morgan fingerprint density at radius 1 is 1.25 bits per heavy atom. The van der Waals surface area contributed by atoms with Crippen LogP contribution in [-0.2, 0) is 17.9 Å². The Hall–Kier alpha value is -3.05. The van der Waals surface area contributed by atoms with Gasteiger partial charge in [0.2, 0.25) is 18.5 Å². The summed E-state index contributed by atoms with van der Waals surface area (Å²) in [4.78, 5) is 25.4. The lowest BCUT2D eigenvalue weighted by molar-refractivity contribution is -0.118. The number of ether oxygens (including phenoxy) is 2. The van der Waals surface area contributed by atoms with E-state index in [1.807, 2.05) is 34.0 Å². The zero-order valence-corrected chi connectivity index (χ0v) is 19.2. The van der Waals surface area contributed by atoms with Crippen LogP contribution in [0.5, 0.6) is 11.5 Å². The molecule has 4 aromatic rings. The topological polar surface area (TPSA) is 99.8 Å². The molecular formula is C21H21N5O4S2. The van der Waals surface area contributed by atoms with Crippen molar-refractivity contribution in [3.8, 4) is 11.5 Å². The standard InChI is InChI=1S/C21H21N5O4S2/c1-12(2)9-25-19(28)18-14(5-6-31-18)26-20(25)23-24-21(26)32-10-17(27)22-8-13-3-4-15-16(7-13)30-11-29-15/h3-7,12H,8-11H2,1-2H3,(H,22,27). The lowest BCUT2D eigenvalue weighted by Gasteiger charge is -2.11. The van der Waals surface area contributed by atoms with Gasteiger partial charge in [-0.1, -0.05) is 31.7 Å². The van der Waals surface area contributed by atoms with Gasteiger partial charge in [-0.3, -0.25) is 18.6 Å². The summed E-state index contributed by atoms with van der Waals surface area (Å²) in [7, 11) is 0. The zero-order chi connectivity index (χ0) is 22.2. The van der Waals surface area contributed by atoms with Crippen LogP contribution in [-0.4, -0.2) is 37.6 Å². The Balaban J connectivity index is 1.33. The van der Waals surface area contributed by atoms with Gasteiger partial charge in [0, 0.05) is 13.1 Å². The summed E-state index contributed by atoms with van der Waals surface area (Å²) in [5.74, 6) is 2.24. The molecule has 0 spiro atoms. The Morgan fingerprint density at radius 3 is 2.94 bits per heavy atom. The lowest BCUT2D eigenvalue weighted by Crippen LogP contribution is -2.25. The first-order valence-electron chi connectivity index (χ1n) is 10.1. The fourth-order valence-corrected chi connectivity index (χ4v) is 5.15. The molecule has 0 saturated carbocycles. The Labute approximate surface area is 191 Å². The minimum Gasteiger partial charge on any atom is -0.454 e. The van der Waals surface area contributed by atoms with Crippen molar-refractivity contribution in [2.45, 2.75) is 32.1 Å². The number of nitrogens with zero attached hydrogens (tertiary/aromatic N) is 4. The van der Waals surface area contributed by atoms with E-state index in [0.717, 1.165) is 11.1 Å². The summed E-state index contributed by atoms with van der Waals surface area (Å²) in [6.07, 6.45) is 0. The monoisotopic (exact) mass is 471 g/mol. The Morgan fingerprint density at radius 2 is 2.09 bits per heavy atom. The van der Waals surface area contributed by atoms with Crippen molar-refractivity contribution in [2.75, 3.05) is 12.5 Å². The first-order chi connectivity index (χ1) is 15.5. The third kappa shape index (κ3) is 3.82. The van der Waals surface area contributed by atoms with Crippen molar-refractivity contribution in [3.05, 3.63) is 45.6 Å². The van der Waals surface area contributed by atoms with Crippen LogP contribution in [0.4, 0.5) is 0 Å². The summed E-state index contributed by atoms with van der Waals surface area (Å²) in [5.41, 5.74) is 1.64. The number of hydrogen-bond acceptors (Lipinski definition) is 8. The minimum absolute atomic E-state index is 0.0541. The molecule has 1 aliphatic rings. The molecule has 0 bridgehead atoms. The van der Waals surface area contributed by atoms with Crippen LogP contribution >= 0.6 is 23.1 Å². The van der Waals surface area contributed by atoms with Crippen LogP contribution in [0, 0.1) is 5.92 Å². The number of rotatable bonds is 7. The number of fused-ring (bicyclic) bond motifs is 4. The van der Waals surface area contributed by atoms with E-state index < -0.39 is 0 Å². The van der Waals surface area contributed by atoms with Crippen molar-refractivity contribution in [1.82, 2.24) is 24.5 Å². The largest absolute Gasteiger partial charge is 0.454 e. The van der Waals surface area contributed by atoms with Gasteiger partial charge < -0.3 is 14.8 Å². The summed E-state index contributed by atoms with van der Waals surface area (Å²) in [6, 6.07) is 7.49. The number of benzene rings is 1. The van der Waals surface area contributed by atoms with Crippen molar-refractivity contribution < 1.29 is 14.3 Å². The summed E-state index contributed by atoms with van der Waals surface area (Å²) in [6.45, 7) is 5.26. The van der Waals surface area contributed by atoms with Crippen LogP contribution in [0.3, 0.4) is 0 Å². The number of nitrogens with one attached hydrogen (secondary N) is 1. The molecule has 1 aromatic carbocycles. The average molecular weight is 472 g/mol. The van der Waals surface area contributed by atoms with Gasteiger partial charge in [-0.2, -0.15) is 0 Å². The number of carbonyl (C=O) groups is 1.